The third-order valence-corrected chi connectivity index (χ3v) is 7.05. The molecule has 32 heavy (non-hydrogen) atoms. The number of hydrogen-bond donors (Lipinski definition) is 3. The zero-order chi connectivity index (χ0) is 23.0. The van der Waals surface area contributed by atoms with E-state index in [2.05, 4.69) is 36.6 Å². The number of aromatic nitrogens is 4. The Morgan fingerprint density at radius 1 is 1.44 bits per heavy atom. The van der Waals surface area contributed by atoms with Gasteiger partial charge < -0.3 is 16.4 Å². The summed E-state index contributed by atoms with van der Waals surface area (Å²) in [5.41, 5.74) is 8.24. The van der Waals surface area contributed by atoms with Crippen molar-refractivity contribution in [3.63, 3.8) is 0 Å². The maximum atomic E-state index is 12.2. The van der Waals surface area contributed by atoms with Gasteiger partial charge in [0.15, 0.2) is 5.65 Å². The largest absolute Gasteiger partial charge is 0.359 e. The molecule has 4 rings (SSSR count). The molecule has 0 spiro atoms. The predicted octanol–water partition coefficient (Wildman–Crippen LogP) is 4.36. The zero-order valence-electron chi connectivity index (χ0n) is 18.3. The number of halogens is 2. The molecule has 1 aliphatic rings. The quantitative estimate of drug-likeness (QED) is 0.445. The standard InChI is InChI=1S/C22H27BrClN7O/c1-4-17(25)12-7-13(24)9-15(8-12)31-19-16(18(23)30-31)11-27-21(29-19)28-14-5-6-22(2,10-14)20(32)26-3/h7-9,11,14,17H,4-6,10,25H2,1-3H3,(H,26,32)(H,27,28,29)/t14-,17+,22-/m1/s1. The van der Waals surface area contributed by atoms with Crippen molar-refractivity contribution in [1.82, 2.24) is 25.1 Å². The second-order valence-electron chi connectivity index (χ2n) is 8.61. The van der Waals surface area contributed by atoms with Crippen LogP contribution in [0.3, 0.4) is 0 Å². The third-order valence-electron chi connectivity index (χ3n) is 6.25. The van der Waals surface area contributed by atoms with E-state index in [-0.39, 0.29) is 23.4 Å². The number of carbonyl (C=O) groups excluding carboxylic acids is 1. The fraction of sp³-hybridized carbons (Fsp3) is 0.455. The number of amides is 1. The van der Waals surface area contributed by atoms with Crippen LogP contribution in [-0.4, -0.2) is 38.7 Å². The van der Waals surface area contributed by atoms with Gasteiger partial charge in [-0.1, -0.05) is 25.4 Å². The first-order valence-electron chi connectivity index (χ1n) is 10.7. The van der Waals surface area contributed by atoms with E-state index in [1.807, 2.05) is 32.0 Å². The lowest BCUT2D eigenvalue weighted by Gasteiger charge is -2.22. The smallest absolute Gasteiger partial charge is 0.225 e. The highest BCUT2D eigenvalue weighted by Crippen LogP contribution is 2.39. The number of nitrogens with two attached hydrogens (primary N) is 1. The van der Waals surface area contributed by atoms with Crippen LogP contribution in [0.5, 0.6) is 0 Å². The van der Waals surface area contributed by atoms with E-state index in [0.717, 1.165) is 42.3 Å². The van der Waals surface area contributed by atoms with E-state index in [1.165, 1.54) is 0 Å². The summed E-state index contributed by atoms with van der Waals surface area (Å²) in [4.78, 5) is 21.5. The minimum atomic E-state index is -0.378. The van der Waals surface area contributed by atoms with E-state index >= 15 is 0 Å². The molecule has 0 unspecified atom stereocenters. The lowest BCUT2D eigenvalue weighted by atomic mass is 9.87. The first-order chi connectivity index (χ1) is 15.2. The number of hydrogen-bond acceptors (Lipinski definition) is 6. The number of anilines is 1. The molecule has 1 aromatic carbocycles. The topological polar surface area (TPSA) is 111 Å². The van der Waals surface area contributed by atoms with Crippen LogP contribution in [0, 0.1) is 5.41 Å². The SMILES string of the molecule is CC[C@H](N)c1cc(Cl)cc(-n2nc(Br)c3cnc(N[C@@H]4CC[C@@](C)(C(=O)NC)C4)nc32)c1. The first-order valence-corrected chi connectivity index (χ1v) is 11.9. The Morgan fingerprint density at radius 3 is 2.94 bits per heavy atom. The van der Waals surface area contributed by atoms with Gasteiger partial charge in [0.2, 0.25) is 11.9 Å². The zero-order valence-corrected chi connectivity index (χ0v) is 20.7. The fourth-order valence-electron chi connectivity index (χ4n) is 4.34. The summed E-state index contributed by atoms with van der Waals surface area (Å²) in [5, 5.41) is 12.2. The van der Waals surface area contributed by atoms with Gasteiger partial charge in [-0.3, -0.25) is 4.79 Å². The van der Waals surface area contributed by atoms with Crippen LogP contribution < -0.4 is 16.4 Å². The molecule has 1 fully saturated rings. The van der Waals surface area contributed by atoms with Crippen molar-refractivity contribution < 1.29 is 4.79 Å². The summed E-state index contributed by atoms with van der Waals surface area (Å²) < 4.78 is 2.39. The minimum absolute atomic E-state index is 0.0715. The molecule has 2 heterocycles. The van der Waals surface area contributed by atoms with Crippen LogP contribution in [0.1, 0.15) is 51.1 Å². The molecule has 10 heteroatoms. The van der Waals surface area contributed by atoms with E-state index in [0.29, 0.717) is 21.2 Å². The molecule has 170 valence electrons. The lowest BCUT2D eigenvalue weighted by Crippen LogP contribution is -2.35. The average Bonchev–Trinajstić information content (AvgIpc) is 3.32. The highest BCUT2D eigenvalue weighted by Gasteiger charge is 2.40. The number of carbonyl (C=O) groups is 1. The average molecular weight is 521 g/mol. The summed E-state index contributed by atoms with van der Waals surface area (Å²) in [6, 6.07) is 5.72. The van der Waals surface area contributed by atoms with Crippen LogP contribution in [0.25, 0.3) is 16.7 Å². The van der Waals surface area contributed by atoms with Gasteiger partial charge in [0.05, 0.1) is 11.1 Å². The molecule has 0 aliphatic heterocycles. The molecular weight excluding hydrogens is 494 g/mol. The Morgan fingerprint density at radius 2 is 2.22 bits per heavy atom. The maximum Gasteiger partial charge on any atom is 0.225 e. The van der Waals surface area contributed by atoms with Gasteiger partial charge in [0.25, 0.3) is 0 Å². The van der Waals surface area contributed by atoms with Crippen molar-refractivity contribution in [1.29, 1.82) is 0 Å². The summed E-state index contributed by atoms with van der Waals surface area (Å²) in [5.74, 6) is 0.576. The molecule has 0 saturated heterocycles. The summed E-state index contributed by atoms with van der Waals surface area (Å²) in [7, 11) is 1.68. The molecule has 3 atom stereocenters. The molecule has 0 radical (unpaired) electrons. The van der Waals surface area contributed by atoms with Crippen LogP contribution in [0.2, 0.25) is 5.02 Å². The maximum absolute atomic E-state index is 12.2. The second-order valence-corrected chi connectivity index (χ2v) is 9.80. The second kappa shape index (κ2) is 8.96. The fourth-order valence-corrected chi connectivity index (χ4v) is 5.02. The summed E-state index contributed by atoms with van der Waals surface area (Å²) >= 11 is 9.89. The van der Waals surface area contributed by atoms with Crippen molar-refractivity contribution in [2.45, 2.75) is 51.6 Å². The molecule has 8 nitrogen and oxygen atoms in total. The van der Waals surface area contributed by atoms with Gasteiger partial charge in [-0.05, 0) is 65.4 Å². The molecular formula is C22H27BrClN7O. The Bertz CT molecular complexity index is 1170. The Hall–Kier alpha value is -2.23. The Kier molecular flexibility index (Phi) is 6.42. The first kappa shape index (κ1) is 22.9. The van der Waals surface area contributed by atoms with Crippen molar-refractivity contribution in [2.24, 2.45) is 11.1 Å². The van der Waals surface area contributed by atoms with Gasteiger partial charge in [-0.25, -0.2) is 9.67 Å². The van der Waals surface area contributed by atoms with Crippen molar-refractivity contribution >= 4 is 50.4 Å². The lowest BCUT2D eigenvalue weighted by molar-refractivity contribution is -0.129. The van der Waals surface area contributed by atoms with Gasteiger partial charge in [-0.15, -0.1) is 0 Å². The number of nitrogens with zero attached hydrogens (tertiary/aromatic N) is 4. The number of benzene rings is 1. The molecule has 1 saturated carbocycles. The van der Waals surface area contributed by atoms with Gasteiger partial charge in [0, 0.05) is 35.8 Å². The molecule has 2 aromatic heterocycles. The number of rotatable bonds is 6. The number of nitrogens with one attached hydrogen (secondary N) is 2. The molecule has 3 aromatic rings. The van der Waals surface area contributed by atoms with Crippen LogP contribution >= 0.6 is 27.5 Å². The highest BCUT2D eigenvalue weighted by molar-refractivity contribution is 9.10. The van der Waals surface area contributed by atoms with Crippen LogP contribution in [-0.2, 0) is 4.79 Å². The highest BCUT2D eigenvalue weighted by atomic mass is 79.9. The molecule has 1 amide bonds. The summed E-state index contributed by atoms with van der Waals surface area (Å²) in [6.45, 7) is 4.04. The van der Waals surface area contributed by atoms with Gasteiger partial charge in [-0.2, -0.15) is 10.1 Å². The van der Waals surface area contributed by atoms with Gasteiger partial charge >= 0.3 is 0 Å². The van der Waals surface area contributed by atoms with E-state index in [9.17, 15) is 4.79 Å². The Labute approximate surface area is 200 Å². The van der Waals surface area contributed by atoms with Crippen LogP contribution in [0.15, 0.2) is 29.0 Å². The van der Waals surface area contributed by atoms with E-state index in [4.69, 9.17) is 22.3 Å². The normalized spacial score (nSPS) is 21.6. The molecule has 4 N–H and O–H groups in total. The summed E-state index contributed by atoms with van der Waals surface area (Å²) in [6.07, 6.45) is 4.97. The third kappa shape index (κ3) is 4.33. The van der Waals surface area contributed by atoms with E-state index in [1.54, 1.807) is 17.9 Å². The van der Waals surface area contributed by atoms with Crippen molar-refractivity contribution in [3.8, 4) is 5.69 Å². The van der Waals surface area contributed by atoms with Crippen molar-refractivity contribution in [3.05, 3.63) is 39.6 Å². The minimum Gasteiger partial charge on any atom is -0.359 e. The number of fused-ring (bicyclic) bond motifs is 1. The van der Waals surface area contributed by atoms with Crippen LogP contribution in [0.4, 0.5) is 5.95 Å². The van der Waals surface area contributed by atoms with E-state index < -0.39 is 0 Å². The Balaban J connectivity index is 1.67. The molecule has 0 bridgehead atoms. The van der Waals surface area contributed by atoms with Crippen molar-refractivity contribution in [2.75, 3.05) is 12.4 Å². The predicted molar refractivity (Wildman–Crippen MR) is 130 cm³/mol. The monoisotopic (exact) mass is 519 g/mol. The molecule has 1 aliphatic carbocycles. The van der Waals surface area contributed by atoms with Gasteiger partial charge in [0.1, 0.15) is 4.60 Å².